The van der Waals surface area contributed by atoms with Gasteiger partial charge in [0.25, 0.3) is 0 Å². The Bertz CT molecular complexity index is 497. The van der Waals surface area contributed by atoms with Gasteiger partial charge >= 0.3 is 0 Å². The molecule has 0 fully saturated rings. The third kappa shape index (κ3) is 2.02. The molecule has 0 aliphatic carbocycles. The number of halogens is 2. The molecular weight excluding hydrogens is 247 g/mol. The third-order valence-corrected chi connectivity index (χ3v) is 2.79. The Balaban J connectivity index is 2.67. The predicted molar refractivity (Wildman–Crippen MR) is 63.4 cm³/mol. The summed E-state index contributed by atoms with van der Waals surface area (Å²) in [5.74, 6) is 0. The topological polar surface area (TPSA) is 46.0 Å². The number of nitrogens with zero attached hydrogens (tertiary/aromatic N) is 2. The van der Waals surface area contributed by atoms with E-state index in [9.17, 15) is 5.11 Å². The maximum absolute atomic E-state index is 9.20. The first-order valence-corrected chi connectivity index (χ1v) is 5.33. The van der Waals surface area contributed by atoms with Crippen molar-refractivity contribution in [1.29, 1.82) is 0 Å². The second-order valence-corrected chi connectivity index (χ2v) is 3.97. The van der Waals surface area contributed by atoms with Crippen LogP contribution < -0.4 is 0 Å². The molecule has 0 amide bonds. The van der Waals surface area contributed by atoms with Crippen LogP contribution in [0.4, 0.5) is 0 Å². The van der Waals surface area contributed by atoms with Crippen LogP contribution in [0.5, 0.6) is 0 Å². The summed E-state index contributed by atoms with van der Waals surface area (Å²) in [5.41, 5.74) is 1.78. The van der Waals surface area contributed by atoms with Crippen molar-refractivity contribution in [1.82, 2.24) is 9.97 Å². The van der Waals surface area contributed by atoms with Gasteiger partial charge in [0.1, 0.15) is 6.33 Å². The van der Waals surface area contributed by atoms with E-state index in [2.05, 4.69) is 9.97 Å². The highest BCUT2D eigenvalue weighted by Gasteiger charge is 2.13. The van der Waals surface area contributed by atoms with Crippen molar-refractivity contribution in [2.24, 2.45) is 0 Å². The smallest absolute Gasteiger partial charge is 0.116 e. The molecule has 1 N–H and O–H groups in total. The Hall–Kier alpha value is -1.16. The van der Waals surface area contributed by atoms with Gasteiger partial charge in [-0.2, -0.15) is 0 Å². The molecule has 1 heterocycles. The predicted octanol–water partition coefficient (Wildman–Crippen LogP) is 2.94. The van der Waals surface area contributed by atoms with Crippen LogP contribution >= 0.6 is 23.2 Å². The van der Waals surface area contributed by atoms with Crippen LogP contribution in [0.15, 0.2) is 30.7 Å². The lowest BCUT2D eigenvalue weighted by Crippen LogP contribution is -1.95. The van der Waals surface area contributed by atoms with Gasteiger partial charge in [-0.15, -0.1) is 0 Å². The van der Waals surface area contributed by atoms with Crippen LogP contribution in [0.1, 0.15) is 5.56 Å². The molecule has 0 saturated heterocycles. The van der Waals surface area contributed by atoms with Crippen molar-refractivity contribution in [2.75, 3.05) is 0 Å². The van der Waals surface area contributed by atoms with Gasteiger partial charge in [0.05, 0.1) is 22.3 Å². The van der Waals surface area contributed by atoms with Crippen molar-refractivity contribution >= 4 is 23.2 Å². The maximum Gasteiger partial charge on any atom is 0.116 e. The molecule has 0 radical (unpaired) electrons. The second-order valence-electron chi connectivity index (χ2n) is 3.15. The number of hydrogen-bond acceptors (Lipinski definition) is 3. The normalized spacial score (nSPS) is 10.4. The fourth-order valence-corrected chi connectivity index (χ4v) is 2.00. The van der Waals surface area contributed by atoms with Gasteiger partial charge in [-0.3, -0.25) is 0 Å². The van der Waals surface area contributed by atoms with Gasteiger partial charge in [0.15, 0.2) is 0 Å². The lowest BCUT2D eigenvalue weighted by molar-refractivity contribution is 0.281. The molecule has 0 unspecified atom stereocenters. The van der Waals surface area contributed by atoms with E-state index in [1.165, 1.54) is 6.33 Å². The van der Waals surface area contributed by atoms with E-state index in [1.54, 1.807) is 24.4 Å². The SMILES string of the molecule is OCc1cncnc1-c1c(Cl)cccc1Cl. The lowest BCUT2D eigenvalue weighted by atomic mass is 10.1. The van der Waals surface area contributed by atoms with Gasteiger partial charge in [-0.1, -0.05) is 29.3 Å². The van der Waals surface area contributed by atoms with Gasteiger partial charge in [0.2, 0.25) is 0 Å². The molecule has 2 aromatic rings. The Morgan fingerprint density at radius 2 is 1.88 bits per heavy atom. The van der Waals surface area contributed by atoms with Crippen molar-refractivity contribution in [3.63, 3.8) is 0 Å². The molecule has 2 rings (SSSR count). The average molecular weight is 255 g/mol. The monoisotopic (exact) mass is 254 g/mol. The summed E-state index contributed by atoms with van der Waals surface area (Å²) in [7, 11) is 0. The summed E-state index contributed by atoms with van der Waals surface area (Å²) in [6.45, 7) is -0.155. The largest absolute Gasteiger partial charge is 0.392 e. The third-order valence-electron chi connectivity index (χ3n) is 2.16. The van der Waals surface area contributed by atoms with Crippen molar-refractivity contribution in [3.05, 3.63) is 46.3 Å². The first-order chi connectivity index (χ1) is 7.74. The molecule has 82 valence electrons. The van der Waals surface area contributed by atoms with Gasteiger partial charge in [-0.25, -0.2) is 9.97 Å². The molecule has 0 aliphatic rings. The molecule has 16 heavy (non-hydrogen) atoms. The standard InChI is InChI=1S/C11H8Cl2N2O/c12-8-2-1-3-9(13)10(8)11-7(5-16)4-14-6-15-11/h1-4,6,16H,5H2. The van der Waals surface area contributed by atoms with Gasteiger partial charge < -0.3 is 5.11 Å². The number of aliphatic hydroxyl groups excluding tert-OH is 1. The molecule has 0 spiro atoms. The first-order valence-electron chi connectivity index (χ1n) is 4.58. The molecule has 1 aromatic heterocycles. The Morgan fingerprint density at radius 1 is 1.19 bits per heavy atom. The highest BCUT2D eigenvalue weighted by Crippen LogP contribution is 2.34. The van der Waals surface area contributed by atoms with Crippen LogP contribution in [-0.2, 0) is 6.61 Å². The van der Waals surface area contributed by atoms with E-state index in [1.807, 2.05) is 0 Å². The van der Waals surface area contributed by atoms with Crippen molar-refractivity contribution in [3.8, 4) is 11.3 Å². The minimum Gasteiger partial charge on any atom is -0.392 e. The number of benzene rings is 1. The van der Waals surface area contributed by atoms with Crippen molar-refractivity contribution in [2.45, 2.75) is 6.61 Å². The Kier molecular flexibility index (Phi) is 3.39. The second kappa shape index (κ2) is 4.78. The summed E-state index contributed by atoms with van der Waals surface area (Å²) in [4.78, 5) is 7.95. The zero-order chi connectivity index (χ0) is 11.5. The van der Waals surface area contributed by atoms with E-state index in [0.717, 1.165) is 0 Å². The Morgan fingerprint density at radius 3 is 2.50 bits per heavy atom. The molecule has 5 heteroatoms. The van der Waals surface area contributed by atoms with Gasteiger partial charge in [0, 0.05) is 17.3 Å². The van der Waals surface area contributed by atoms with Crippen LogP contribution in [0.25, 0.3) is 11.3 Å². The van der Waals surface area contributed by atoms with Crippen LogP contribution in [-0.4, -0.2) is 15.1 Å². The molecule has 0 saturated carbocycles. The van der Waals surface area contributed by atoms with Crippen LogP contribution in [0.2, 0.25) is 10.0 Å². The van der Waals surface area contributed by atoms with Crippen LogP contribution in [0, 0.1) is 0 Å². The molecule has 3 nitrogen and oxygen atoms in total. The first kappa shape index (κ1) is 11.3. The summed E-state index contributed by atoms with van der Waals surface area (Å²) in [6, 6.07) is 5.21. The zero-order valence-electron chi connectivity index (χ0n) is 8.19. The minimum atomic E-state index is -0.155. The summed E-state index contributed by atoms with van der Waals surface area (Å²) >= 11 is 12.1. The number of hydrogen-bond donors (Lipinski definition) is 1. The molecule has 1 aromatic carbocycles. The quantitative estimate of drug-likeness (QED) is 0.897. The molecule has 0 bridgehead atoms. The average Bonchev–Trinajstić information content (AvgIpc) is 2.29. The number of aromatic nitrogens is 2. The van der Waals surface area contributed by atoms with Crippen molar-refractivity contribution < 1.29 is 5.11 Å². The van der Waals surface area contributed by atoms with E-state index in [-0.39, 0.29) is 6.61 Å². The van der Waals surface area contributed by atoms with E-state index in [0.29, 0.717) is 26.9 Å². The summed E-state index contributed by atoms with van der Waals surface area (Å²) < 4.78 is 0. The number of rotatable bonds is 2. The van der Waals surface area contributed by atoms with E-state index >= 15 is 0 Å². The molecule has 0 atom stereocenters. The fourth-order valence-electron chi connectivity index (χ4n) is 1.42. The number of aliphatic hydroxyl groups is 1. The lowest BCUT2D eigenvalue weighted by Gasteiger charge is -2.09. The van der Waals surface area contributed by atoms with E-state index < -0.39 is 0 Å². The highest BCUT2D eigenvalue weighted by molar-refractivity contribution is 6.39. The molecular formula is C11H8Cl2N2O. The highest BCUT2D eigenvalue weighted by atomic mass is 35.5. The molecule has 0 aliphatic heterocycles. The fraction of sp³-hybridized carbons (Fsp3) is 0.0909. The van der Waals surface area contributed by atoms with Crippen LogP contribution in [0.3, 0.4) is 0 Å². The Labute approximate surface area is 103 Å². The zero-order valence-corrected chi connectivity index (χ0v) is 9.70. The summed E-state index contributed by atoms with van der Waals surface area (Å²) in [5, 5.41) is 10.2. The van der Waals surface area contributed by atoms with E-state index in [4.69, 9.17) is 23.2 Å². The maximum atomic E-state index is 9.20. The van der Waals surface area contributed by atoms with Gasteiger partial charge in [-0.05, 0) is 12.1 Å². The minimum absolute atomic E-state index is 0.155. The summed E-state index contributed by atoms with van der Waals surface area (Å²) in [6.07, 6.45) is 2.94.